The summed E-state index contributed by atoms with van der Waals surface area (Å²) in [7, 11) is 1.40. The molecule has 1 aliphatic carbocycles. The Morgan fingerprint density at radius 3 is 2.62 bits per heavy atom. The van der Waals surface area contributed by atoms with Crippen molar-refractivity contribution < 1.29 is 14.4 Å². The van der Waals surface area contributed by atoms with Crippen LogP contribution in [0, 0.1) is 6.92 Å². The maximum absolute atomic E-state index is 12.9. The maximum atomic E-state index is 12.9. The van der Waals surface area contributed by atoms with Gasteiger partial charge in [0.1, 0.15) is 23.4 Å². The fourth-order valence-corrected chi connectivity index (χ4v) is 4.07. The lowest BCUT2D eigenvalue weighted by Gasteiger charge is -2.36. The lowest BCUT2D eigenvalue weighted by atomic mass is 9.96. The summed E-state index contributed by atoms with van der Waals surface area (Å²) in [6.45, 7) is 7.42. The number of hydroxylamine groups is 1. The molecule has 2 aromatic heterocycles. The monoisotopic (exact) mass is 437 g/mol. The minimum Gasteiger partial charge on any atom is -0.380 e. The van der Waals surface area contributed by atoms with Crippen molar-refractivity contribution in [2.45, 2.75) is 13.3 Å². The smallest absolute Gasteiger partial charge is 0.230 e. The van der Waals surface area contributed by atoms with Gasteiger partial charge in [0, 0.05) is 57.0 Å². The Kier molecular flexibility index (Phi) is 6.72. The summed E-state index contributed by atoms with van der Waals surface area (Å²) in [6.07, 6.45) is 7.18. The lowest BCUT2D eigenvalue weighted by molar-refractivity contribution is 0.0832. The SMILES string of the molecule is CONC1=C(NCCCN2CCN(c3ccncc3C)CC2)C(=O)c2ncncc2C1=O. The summed E-state index contributed by atoms with van der Waals surface area (Å²) in [6, 6.07) is 2.07. The summed E-state index contributed by atoms with van der Waals surface area (Å²) in [4.78, 5) is 47.3. The minimum absolute atomic E-state index is 0.0844. The van der Waals surface area contributed by atoms with Crippen molar-refractivity contribution in [1.82, 2.24) is 30.6 Å². The number of piperazine rings is 1. The first-order valence-corrected chi connectivity index (χ1v) is 10.6. The molecule has 0 radical (unpaired) electrons. The van der Waals surface area contributed by atoms with E-state index in [2.05, 4.69) is 48.5 Å². The van der Waals surface area contributed by atoms with E-state index in [0.29, 0.717) is 6.54 Å². The third-order valence-corrected chi connectivity index (χ3v) is 5.74. The number of hydrogen-bond donors (Lipinski definition) is 2. The van der Waals surface area contributed by atoms with Crippen LogP contribution in [0.15, 0.2) is 42.4 Å². The average molecular weight is 438 g/mol. The summed E-state index contributed by atoms with van der Waals surface area (Å²) >= 11 is 0. The number of hydrogen-bond acceptors (Lipinski definition) is 10. The second kappa shape index (κ2) is 9.84. The zero-order chi connectivity index (χ0) is 22.5. The third kappa shape index (κ3) is 4.46. The molecule has 10 heteroatoms. The molecule has 32 heavy (non-hydrogen) atoms. The number of nitrogens with zero attached hydrogens (tertiary/aromatic N) is 5. The zero-order valence-electron chi connectivity index (χ0n) is 18.3. The van der Waals surface area contributed by atoms with E-state index in [9.17, 15) is 9.59 Å². The van der Waals surface area contributed by atoms with Gasteiger partial charge in [-0.05, 0) is 31.5 Å². The van der Waals surface area contributed by atoms with Gasteiger partial charge in [-0.3, -0.25) is 29.8 Å². The Hall–Kier alpha value is -3.37. The molecule has 168 valence electrons. The molecular weight excluding hydrogens is 410 g/mol. The molecule has 0 amide bonds. The predicted octanol–water partition coefficient (Wildman–Crippen LogP) is 0.724. The Balaban J connectivity index is 1.30. The highest BCUT2D eigenvalue weighted by Crippen LogP contribution is 2.22. The first-order chi connectivity index (χ1) is 15.6. The Bertz CT molecular complexity index is 1030. The van der Waals surface area contributed by atoms with Crippen LogP contribution >= 0.6 is 0 Å². The number of nitrogens with one attached hydrogen (secondary N) is 2. The van der Waals surface area contributed by atoms with Crippen LogP contribution in [0.4, 0.5) is 5.69 Å². The van der Waals surface area contributed by atoms with Crippen molar-refractivity contribution in [3.63, 3.8) is 0 Å². The fourth-order valence-electron chi connectivity index (χ4n) is 4.07. The van der Waals surface area contributed by atoms with Gasteiger partial charge in [0.15, 0.2) is 0 Å². The standard InChI is InChI=1S/C22H27N7O3/c1-15-12-23-6-4-17(15)29-10-8-28(9-11-29)7-3-5-25-19-20(27-32-2)21(30)16-13-24-14-26-18(16)22(19)31/h4,6,12-14,25,27H,3,5,7-11H2,1-2H3. The molecule has 0 spiro atoms. The van der Waals surface area contributed by atoms with Gasteiger partial charge in [-0.1, -0.05) is 0 Å². The number of ketones is 2. The predicted molar refractivity (Wildman–Crippen MR) is 118 cm³/mol. The van der Waals surface area contributed by atoms with Gasteiger partial charge in [-0.25, -0.2) is 9.97 Å². The first-order valence-electron chi connectivity index (χ1n) is 10.6. The van der Waals surface area contributed by atoms with Crippen LogP contribution < -0.4 is 15.7 Å². The molecule has 0 bridgehead atoms. The molecule has 3 heterocycles. The highest BCUT2D eigenvalue weighted by molar-refractivity contribution is 6.25. The van der Waals surface area contributed by atoms with E-state index < -0.39 is 0 Å². The van der Waals surface area contributed by atoms with Crippen LogP contribution in [0.3, 0.4) is 0 Å². The third-order valence-electron chi connectivity index (χ3n) is 5.74. The van der Waals surface area contributed by atoms with Crippen LogP contribution in [-0.2, 0) is 4.84 Å². The molecular formula is C22H27N7O3. The van der Waals surface area contributed by atoms with Crippen LogP contribution in [0.5, 0.6) is 0 Å². The highest BCUT2D eigenvalue weighted by atomic mass is 16.6. The van der Waals surface area contributed by atoms with Crippen LogP contribution in [0.2, 0.25) is 0 Å². The van der Waals surface area contributed by atoms with Crippen molar-refractivity contribution in [3.8, 4) is 0 Å². The number of carbonyl (C=O) groups is 2. The molecule has 1 fully saturated rings. The summed E-state index contributed by atoms with van der Waals surface area (Å²) < 4.78 is 0. The molecule has 1 saturated heterocycles. The zero-order valence-corrected chi connectivity index (χ0v) is 18.3. The molecule has 1 aliphatic heterocycles. The first kappa shape index (κ1) is 21.8. The van der Waals surface area contributed by atoms with Crippen molar-refractivity contribution in [2.75, 3.05) is 51.3 Å². The van der Waals surface area contributed by atoms with Gasteiger partial charge in [-0.2, -0.15) is 0 Å². The van der Waals surface area contributed by atoms with E-state index in [0.717, 1.165) is 39.1 Å². The number of fused-ring (bicyclic) bond motifs is 1. The molecule has 2 N–H and O–H groups in total. The van der Waals surface area contributed by atoms with E-state index in [4.69, 9.17) is 4.84 Å². The van der Waals surface area contributed by atoms with Gasteiger partial charge < -0.3 is 10.2 Å². The molecule has 0 aromatic carbocycles. The molecule has 2 aromatic rings. The normalized spacial score (nSPS) is 16.9. The molecule has 0 atom stereocenters. The van der Waals surface area contributed by atoms with Crippen LogP contribution in [-0.4, -0.2) is 77.8 Å². The number of aromatic nitrogens is 3. The second-order valence-corrected chi connectivity index (χ2v) is 7.77. The Morgan fingerprint density at radius 2 is 1.88 bits per heavy atom. The van der Waals surface area contributed by atoms with Gasteiger partial charge in [0.25, 0.3) is 0 Å². The molecule has 0 unspecified atom stereocenters. The summed E-state index contributed by atoms with van der Waals surface area (Å²) in [5, 5.41) is 3.12. The van der Waals surface area contributed by atoms with Gasteiger partial charge in [0.05, 0.1) is 12.7 Å². The number of aryl methyl sites for hydroxylation is 1. The van der Waals surface area contributed by atoms with Gasteiger partial charge in [0.2, 0.25) is 11.6 Å². The maximum Gasteiger partial charge on any atom is 0.230 e. The number of pyridine rings is 1. The van der Waals surface area contributed by atoms with Gasteiger partial charge in [-0.15, -0.1) is 0 Å². The van der Waals surface area contributed by atoms with E-state index in [1.807, 2.05) is 12.4 Å². The lowest BCUT2D eigenvalue weighted by Crippen LogP contribution is -2.47. The molecule has 4 rings (SSSR count). The second-order valence-electron chi connectivity index (χ2n) is 7.77. The van der Waals surface area contributed by atoms with E-state index in [-0.39, 0.29) is 34.2 Å². The molecule has 0 saturated carbocycles. The van der Waals surface area contributed by atoms with Crippen molar-refractivity contribution in [1.29, 1.82) is 0 Å². The fraction of sp³-hybridized carbons (Fsp3) is 0.409. The number of allylic oxidation sites excluding steroid dienone is 2. The number of anilines is 1. The quantitative estimate of drug-likeness (QED) is 0.452. The molecule has 2 aliphatic rings. The van der Waals surface area contributed by atoms with Gasteiger partial charge >= 0.3 is 0 Å². The summed E-state index contributed by atoms with van der Waals surface area (Å²) in [5.74, 6) is -0.713. The van der Waals surface area contributed by atoms with Crippen LogP contribution in [0.1, 0.15) is 32.8 Å². The van der Waals surface area contributed by atoms with Crippen molar-refractivity contribution >= 4 is 17.3 Å². The highest BCUT2D eigenvalue weighted by Gasteiger charge is 2.34. The van der Waals surface area contributed by atoms with Crippen molar-refractivity contribution in [2.24, 2.45) is 0 Å². The number of carbonyl (C=O) groups excluding carboxylic acids is 2. The number of Topliss-reactive ketones (excluding diaryl/α,β-unsaturated/α-hetero) is 2. The number of rotatable bonds is 8. The van der Waals surface area contributed by atoms with E-state index in [1.54, 1.807) is 0 Å². The molecule has 10 nitrogen and oxygen atoms in total. The van der Waals surface area contributed by atoms with E-state index >= 15 is 0 Å². The summed E-state index contributed by atoms with van der Waals surface area (Å²) in [5.41, 5.74) is 5.53. The Labute approximate surface area is 186 Å². The topological polar surface area (TPSA) is 113 Å². The largest absolute Gasteiger partial charge is 0.380 e. The average Bonchev–Trinajstić information content (AvgIpc) is 2.82. The van der Waals surface area contributed by atoms with E-state index in [1.165, 1.54) is 30.9 Å². The minimum atomic E-state index is -0.368. The van der Waals surface area contributed by atoms with Crippen molar-refractivity contribution in [3.05, 3.63) is 59.2 Å². The Morgan fingerprint density at radius 1 is 1.06 bits per heavy atom. The van der Waals surface area contributed by atoms with Crippen LogP contribution in [0.25, 0.3) is 0 Å².